The van der Waals surface area contributed by atoms with Crippen molar-refractivity contribution in [3.05, 3.63) is 11.6 Å². The highest BCUT2D eigenvalue weighted by Gasteiger charge is 2.19. The van der Waals surface area contributed by atoms with Crippen LogP contribution < -0.4 is 22.9 Å². The Labute approximate surface area is 144 Å². The number of nitrogens with two attached hydrogens (primary N) is 4. The molecule has 0 radical (unpaired) electrons. The van der Waals surface area contributed by atoms with Crippen LogP contribution in [0.25, 0.3) is 0 Å². The highest BCUT2D eigenvalue weighted by atomic mass is 16.5. The second-order valence-electron chi connectivity index (χ2n) is 6.09. The van der Waals surface area contributed by atoms with Gasteiger partial charge < -0.3 is 32.4 Å². The van der Waals surface area contributed by atoms with Gasteiger partial charge in [-0.25, -0.2) is 0 Å². The molecule has 136 valence electrons. The minimum atomic E-state index is -0.270. The summed E-state index contributed by atoms with van der Waals surface area (Å²) in [7, 11) is 0. The number of hydrogen-bond donors (Lipinski definition) is 4. The number of nitrogen functional groups attached to an aromatic ring is 4. The molecule has 0 fully saturated rings. The van der Waals surface area contributed by atoms with E-state index in [0.717, 1.165) is 0 Å². The van der Waals surface area contributed by atoms with E-state index in [1.54, 1.807) is 0 Å². The van der Waals surface area contributed by atoms with Crippen molar-refractivity contribution < 1.29 is 9.47 Å². The van der Waals surface area contributed by atoms with Crippen molar-refractivity contribution in [2.24, 2.45) is 5.41 Å². The fourth-order valence-electron chi connectivity index (χ4n) is 1.92. The third kappa shape index (κ3) is 6.27. The topological polar surface area (TPSA) is 200 Å². The van der Waals surface area contributed by atoms with Gasteiger partial charge in [-0.2, -0.15) is 29.9 Å². The van der Waals surface area contributed by atoms with E-state index in [0.29, 0.717) is 24.9 Å². The van der Waals surface area contributed by atoms with Crippen molar-refractivity contribution in [1.29, 1.82) is 0 Å². The molecule has 8 N–H and O–H groups in total. The minimum Gasteiger partial charge on any atom is -0.373 e. The highest BCUT2D eigenvalue weighted by molar-refractivity contribution is 5.26. The van der Waals surface area contributed by atoms with Gasteiger partial charge in [0.15, 0.2) is 11.6 Å². The molecular weight excluding hydrogens is 328 g/mol. The van der Waals surface area contributed by atoms with Crippen molar-refractivity contribution >= 4 is 23.8 Å². The molecule has 0 aliphatic carbocycles. The third-order valence-corrected chi connectivity index (χ3v) is 2.88. The van der Waals surface area contributed by atoms with Crippen LogP contribution in [0.1, 0.15) is 25.5 Å². The average molecular weight is 350 g/mol. The molecule has 0 saturated carbocycles. The first-order valence-corrected chi connectivity index (χ1v) is 7.41. The molecule has 0 atom stereocenters. The Hall–Kier alpha value is -2.86. The van der Waals surface area contributed by atoms with Gasteiger partial charge in [-0.05, 0) is 0 Å². The van der Waals surface area contributed by atoms with Gasteiger partial charge in [-0.15, -0.1) is 0 Å². The van der Waals surface area contributed by atoms with E-state index in [4.69, 9.17) is 32.4 Å². The molecule has 0 unspecified atom stereocenters. The summed E-state index contributed by atoms with van der Waals surface area (Å²) in [5, 5.41) is 0. The molecule has 0 spiro atoms. The molecule has 0 bridgehead atoms. The van der Waals surface area contributed by atoms with Crippen molar-refractivity contribution in [2.75, 3.05) is 36.1 Å². The van der Waals surface area contributed by atoms with E-state index >= 15 is 0 Å². The first kappa shape index (κ1) is 18.5. The summed E-state index contributed by atoms with van der Waals surface area (Å²) < 4.78 is 11.2. The summed E-state index contributed by atoms with van der Waals surface area (Å²) in [5.74, 6) is 0.985. The van der Waals surface area contributed by atoms with Crippen molar-refractivity contribution in [3.63, 3.8) is 0 Å². The molecule has 0 amide bonds. The SMILES string of the molecule is CC(C)(COCc1nc(N)nc(N)n1)COCc1nc(N)nc(N)n1. The molecule has 2 aromatic rings. The molecule has 25 heavy (non-hydrogen) atoms. The van der Waals surface area contributed by atoms with Crippen molar-refractivity contribution in [2.45, 2.75) is 27.1 Å². The summed E-state index contributed by atoms with van der Waals surface area (Å²) >= 11 is 0. The van der Waals surface area contributed by atoms with Crippen LogP contribution in [0.5, 0.6) is 0 Å². The highest BCUT2D eigenvalue weighted by Crippen LogP contribution is 2.17. The van der Waals surface area contributed by atoms with Crippen LogP contribution in [-0.2, 0) is 22.7 Å². The summed E-state index contributed by atoms with van der Waals surface area (Å²) in [4.78, 5) is 23.2. The fourth-order valence-corrected chi connectivity index (χ4v) is 1.92. The monoisotopic (exact) mass is 350 g/mol. The molecule has 0 aliphatic heterocycles. The van der Waals surface area contributed by atoms with E-state index < -0.39 is 0 Å². The van der Waals surface area contributed by atoms with Gasteiger partial charge >= 0.3 is 0 Å². The summed E-state index contributed by atoms with van der Waals surface area (Å²) in [6.45, 7) is 5.11. The van der Waals surface area contributed by atoms with Gasteiger partial charge in [-0.3, -0.25) is 0 Å². The molecule has 0 aromatic carbocycles. The second-order valence-corrected chi connectivity index (χ2v) is 6.09. The van der Waals surface area contributed by atoms with Crippen LogP contribution in [0.2, 0.25) is 0 Å². The molecule has 2 aromatic heterocycles. The number of anilines is 4. The molecule has 2 rings (SSSR count). The van der Waals surface area contributed by atoms with E-state index in [1.165, 1.54) is 0 Å². The normalized spacial score (nSPS) is 11.6. The van der Waals surface area contributed by atoms with Crippen LogP contribution in [0.15, 0.2) is 0 Å². The number of aromatic nitrogens is 6. The molecule has 12 nitrogen and oxygen atoms in total. The molecular formula is C13H22N10O2. The van der Waals surface area contributed by atoms with E-state index in [9.17, 15) is 0 Å². The maximum absolute atomic E-state index is 5.61. The number of hydrogen-bond acceptors (Lipinski definition) is 12. The van der Waals surface area contributed by atoms with E-state index in [-0.39, 0.29) is 42.4 Å². The number of nitrogens with zero attached hydrogens (tertiary/aromatic N) is 6. The molecule has 0 aliphatic rings. The van der Waals surface area contributed by atoms with Crippen molar-refractivity contribution in [1.82, 2.24) is 29.9 Å². The maximum atomic E-state index is 5.61. The zero-order chi connectivity index (χ0) is 18.4. The minimum absolute atomic E-state index is 0.0598. The zero-order valence-corrected chi connectivity index (χ0v) is 14.1. The van der Waals surface area contributed by atoms with Crippen LogP contribution in [0, 0.1) is 5.41 Å². The van der Waals surface area contributed by atoms with Crippen LogP contribution in [0.3, 0.4) is 0 Å². The lowest BCUT2D eigenvalue weighted by Crippen LogP contribution is -2.26. The Morgan fingerprint density at radius 3 is 1.28 bits per heavy atom. The van der Waals surface area contributed by atoms with Gasteiger partial charge in [0.2, 0.25) is 23.8 Å². The Balaban J connectivity index is 1.77. The van der Waals surface area contributed by atoms with Gasteiger partial charge in [0.25, 0.3) is 0 Å². The Morgan fingerprint density at radius 2 is 0.960 bits per heavy atom. The summed E-state index contributed by atoms with van der Waals surface area (Å²) in [6.07, 6.45) is 0. The predicted octanol–water partition coefficient (Wildman–Crippen LogP) is -0.855. The fraction of sp³-hybridized carbons (Fsp3) is 0.538. The van der Waals surface area contributed by atoms with Gasteiger partial charge in [-0.1, -0.05) is 13.8 Å². The first-order valence-electron chi connectivity index (χ1n) is 7.41. The smallest absolute Gasteiger partial charge is 0.225 e. The third-order valence-electron chi connectivity index (χ3n) is 2.88. The van der Waals surface area contributed by atoms with E-state index in [2.05, 4.69) is 29.9 Å². The standard InChI is InChI=1S/C13H22N10O2/c1-13(2,5-24-3-7-18-9(14)22-10(15)19-7)6-25-4-8-20-11(16)23-12(17)21-8/h3-6H2,1-2H3,(H4,14,15,18,19,22)(H4,16,17,20,21,23). The largest absolute Gasteiger partial charge is 0.373 e. The summed E-state index contributed by atoms with van der Waals surface area (Å²) in [6, 6.07) is 0. The van der Waals surface area contributed by atoms with Crippen LogP contribution in [0.4, 0.5) is 23.8 Å². The average Bonchev–Trinajstić information content (AvgIpc) is 2.44. The number of rotatable bonds is 8. The lowest BCUT2D eigenvalue weighted by Gasteiger charge is -2.23. The lowest BCUT2D eigenvalue weighted by molar-refractivity contribution is -0.0170. The zero-order valence-electron chi connectivity index (χ0n) is 14.1. The summed E-state index contributed by atoms with van der Waals surface area (Å²) in [5.41, 5.74) is 21.8. The second kappa shape index (κ2) is 7.81. The molecule has 12 heteroatoms. The Bertz CT molecular complexity index is 624. The van der Waals surface area contributed by atoms with Crippen LogP contribution in [-0.4, -0.2) is 43.1 Å². The lowest BCUT2D eigenvalue weighted by atomic mass is 9.96. The molecule has 2 heterocycles. The van der Waals surface area contributed by atoms with E-state index in [1.807, 2.05) is 13.8 Å². The van der Waals surface area contributed by atoms with Gasteiger partial charge in [0.05, 0.1) is 13.2 Å². The van der Waals surface area contributed by atoms with Gasteiger partial charge in [0, 0.05) is 5.41 Å². The Morgan fingerprint density at radius 1 is 0.640 bits per heavy atom. The van der Waals surface area contributed by atoms with Gasteiger partial charge in [0.1, 0.15) is 13.2 Å². The number of ether oxygens (including phenoxy) is 2. The maximum Gasteiger partial charge on any atom is 0.225 e. The Kier molecular flexibility index (Phi) is 5.77. The van der Waals surface area contributed by atoms with Crippen LogP contribution >= 0.6 is 0 Å². The molecule has 0 saturated heterocycles. The predicted molar refractivity (Wildman–Crippen MR) is 90.4 cm³/mol. The first-order chi connectivity index (χ1) is 11.7. The van der Waals surface area contributed by atoms with Crippen molar-refractivity contribution in [3.8, 4) is 0 Å². The quantitative estimate of drug-likeness (QED) is 0.460.